The van der Waals surface area contributed by atoms with E-state index in [4.69, 9.17) is 17.3 Å². The molecule has 1 aliphatic heterocycles. The molecule has 3 rings (SSSR count). The molecule has 2 aromatic carbocycles. The molecule has 0 unspecified atom stereocenters. The molecule has 138 valence electrons. The van der Waals surface area contributed by atoms with Crippen LogP contribution in [0.15, 0.2) is 53.4 Å². The summed E-state index contributed by atoms with van der Waals surface area (Å²) >= 11 is 6.54. The van der Waals surface area contributed by atoms with E-state index in [1.54, 1.807) is 0 Å². The predicted octanol–water partition coefficient (Wildman–Crippen LogP) is 4.73. The minimum atomic E-state index is -0.871. The van der Waals surface area contributed by atoms with Gasteiger partial charge in [-0.1, -0.05) is 72.0 Å². The normalized spacial score (nSPS) is 15.6. The van der Waals surface area contributed by atoms with Crippen LogP contribution in [-0.2, 0) is 9.59 Å². The van der Waals surface area contributed by atoms with Gasteiger partial charge in [0.25, 0.3) is 5.91 Å². The van der Waals surface area contributed by atoms with Crippen molar-refractivity contribution in [1.82, 2.24) is 4.90 Å². The van der Waals surface area contributed by atoms with Crippen LogP contribution in [0.1, 0.15) is 24.0 Å². The van der Waals surface area contributed by atoms with E-state index in [0.29, 0.717) is 22.2 Å². The van der Waals surface area contributed by atoms with Gasteiger partial charge in [0, 0.05) is 13.0 Å². The Morgan fingerprint density at radius 1 is 1.19 bits per heavy atom. The summed E-state index contributed by atoms with van der Waals surface area (Å²) in [5.74, 6) is -1.03. The first kappa shape index (κ1) is 19.3. The number of aryl methyl sites for hydroxylation is 1. The molecule has 0 spiro atoms. The molecule has 27 heavy (non-hydrogen) atoms. The maximum Gasteiger partial charge on any atom is 0.303 e. The Balaban J connectivity index is 1.77. The third kappa shape index (κ3) is 4.84. The first-order chi connectivity index (χ1) is 12.9. The quantitative estimate of drug-likeness (QED) is 0.564. The third-order valence-corrected chi connectivity index (χ3v) is 5.59. The van der Waals surface area contributed by atoms with Gasteiger partial charge in [0.1, 0.15) is 4.32 Å². The molecule has 2 aromatic rings. The summed E-state index contributed by atoms with van der Waals surface area (Å²) in [6.07, 6.45) is 2.25. The summed E-state index contributed by atoms with van der Waals surface area (Å²) in [5, 5.41) is 8.75. The molecule has 4 nitrogen and oxygen atoms in total. The fraction of sp³-hybridized carbons (Fsp3) is 0.190. The molecule has 6 heteroatoms. The van der Waals surface area contributed by atoms with Gasteiger partial charge in [-0.3, -0.25) is 14.5 Å². The second-order valence-corrected chi connectivity index (χ2v) is 8.00. The van der Waals surface area contributed by atoms with Gasteiger partial charge in [-0.25, -0.2) is 0 Å². The lowest BCUT2D eigenvalue weighted by Crippen LogP contribution is -2.29. The molecule has 0 saturated carbocycles. The number of carbonyl (C=O) groups excluding carboxylic acids is 1. The minimum Gasteiger partial charge on any atom is -0.481 e. The molecule has 1 amide bonds. The Hall–Kier alpha value is -2.44. The van der Waals surface area contributed by atoms with Gasteiger partial charge in [0.15, 0.2) is 0 Å². The Bertz CT molecular complexity index is 919. The van der Waals surface area contributed by atoms with Crippen LogP contribution in [-0.4, -0.2) is 32.7 Å². The van der Waals surface area contributed by atoms with E-state index in [0.717, 1.165) is 16.7 Å². The maximum absolute atomic E-state index is 12.6. The molecule has 1 fully saturated rings. The van der Waals surface area contributed by atoms with Crippen LogP contribution >= 0.6 is 24.0 Å². The number of nitrogens with zero attached hydrogens (tertiary/aromatic N) is 1. The Morgan fingerprint density at radius 2 is 1.93 bits per heavy atom. The second kappa shape index (κ2) is 8.50. The molecule has 0 bridgehead atoms. The van der Waals surface area contributed by atoms with Crippen LogP contribution in [0.25, 0.3) is 17.2 Å². The number of benzene rings is 2. The number of hydrogen-bond donors (Lipinski definition) is 1. The van der Waals surface area contributed by atoms with E-state index in [1.807, 2.05) is 30.3 Å². The lowest BCUT2D eigenvalue weighted by molar-refractivity contribution is -0.137. The maximum atomic E-state index is 12.6. The molecule has 0 aromatic heterocycles. The van der Waals surface area contributed by atoms with E-state index in [-0.39, 0.29) is 12.3 Å². The largest absolute Gasteiger partial charge is 0.481 e. The number of aliphatic carboxylic acids is 1. The molecule has 0 atom stereocenters. The van der Waals surface area contributed by atoms with Crippen molar-refractivity contribution in [1.29, 1.82) is 0 Å². The number of hydrogen-bond acceptors (Lipinski definition) is 4. The van der Waals surface area contributed by atoms with Gasteiger partial charge < -0.3 is 5.11 Å². The zero-order valence-corrected chi connectivity index (χ0v) is 16.5. The molecular weight excluding hydrogens is 378 g/mol. The highest BCUT2D eigenvalue weighted by Gasteiger charge is 2.31. The number of carboxylic acids is 1. The van der Waals surface area contributed by atoms with Gasteiger partial charge in [0.2, 0.25) is 0 Å². The minimum absolute atomic E-state index is 0.0225. The summed E-state index contributed by atoms with van der Waals surface area (Å²) in [5.41, 5.74) is 4.35. The van der Waals surface area contributed by atoms with Crippen LogP contribution in [0.4, 0.5) is 0 Å². The number of carbonyl (C=O) groups is 2. The average Bonchev–Trinajstić information content (AvgIpc) is 2.89. The first-order valence-electron chi connectivity index (χ1n) is 8.58. The van der Waals surface area contributed by atoms with Crippen molar-refractivity contribution in [2.75, 3.05) is 6.54 Å². The van der Waals surface area contributed by atoms with Crippen LogP contribution < -0.4 is 0 Å². The van der Waals surface area contributed by atoms with Gasteiger partial charge in [-0.15, -0.1) is 0 Å². The molecular formula is C21H19NO3S2. The lowest BCUT2D eigenvalue weighted by Gasteiger charge is -2.13. The number of carboxylic acid groups (broad SMARTS) is 1. The fourth-order valence-electron chi connectivity index (χ4n) is 2.79. The van der Waals surface area contributed by atoms with E-state index in [1.165, 1.54) is 22.2 Å². The summed E-state index contributed by atoms with van der Waals surface area (Å²) in [4.78, 5) is 25.3. The van der Waals surface area contributed by atoms with E-state index in [2.05, 4.69) is 31.2 Å². The molecule has 1 heterocycles. The average molecular weight is 398 g/mol. The van der Waals surface area contributed by atoms with Crippen molar-refractivity contribution in [3.05, 3.63) is 64.6 Å². The van der Waals surface area contributed by atoms with Crippen LogP contribution in [0, 0.1) is 6.92 Å². The van der Waals surface area contributed by atoms with Crippen molar-refractivity contribution >= 4 is 46.3 Å². The van der Waals surface area contributed by atoms with E-state index >= 15 is 0 Å². The van der Waals surface area contributed by atoms with Crippen molar-refractivity contribution in [3.63, 3.8) is 0 Å². The van der Waals surface area contributed by atoms with E-state index in [9.17, 15) is 9.59 Å². The van der Waals surface area contributed by atoms with Gasteiger partial charge in [-0.05, 0) is 42.2 Å². The lowest BCUT2D eigenvalue weighted by atomic mass is 10.0. The smallest absolute Gasteiger partial charge is 0.303 e. The van der Waals surface area contributed by atoms with E-state index < -0.39 is 5.97 Å². The summed E-state index contributed by atoms with van der Waals surface area (Å²) < 4.78 is 0.478. The van der Waals surface area contributed by atoms with Crippen LogP contribution in [0.5, 0.6) is 0 Å². The summed E-state index contributed by atoms with van der Waals surface area (Å²) in [7, 11) is 0. The number of thioether (sulfide) groups is 1. The van der Waals surface area contributed by atoms with Crippen molar-refractivity contribution in [2.24, 2.45) is 0 Å². The molecule has 0 radical (unpaired) electrons. The van der Waals surface area contributed by atoms with Gasteiger partial charge in [0.05, 0.1) is 4.91 Å². The number of thiocarbonyl (C=S) groups is 1. The summed E-state index contributed by atoms with van der Waals surface area (Å²) in [6.45, 7) is 2.39. The second-order valence-electron chi connectivity index (χ2n) is 6.32. The number of amides is 1. The highest BCUT2D eigenvalue weighted by atomic mass is 32.2. The Kier molecular flexibility index (Phi) is 6.08. The topological polar surface area (TPSA) is 57.6 Å². The predicted molar refractivity (Wildman–Crippen MR) is 113 cm³/mol. The van der Waals surface area contributed by atoms with Crippen molar-refractivity contribution in [3.8, 4) is 11.1 Å². The first-order valence-corrected chi connectivity index (χ1v) is 9.81. The SMILES string of the molecule is Cc1ccc(-c2cccc(C=C3SC(=S)N(CCCC(=O)O)C3=O)c2)cc1. The summed E-state index contributed by atoms with van der Waals surface area (Å²) in [6, 6.07) is 16.3. The van der Waals surface area contributed by atoms with Gasteiger partial charge in [-0.2, -0.15) is 0 Å². The Morgan fingerprint density at radius 3 is 2.63 bits per heavy atom. The highest BCUT2D eigenvalue weighted by molar-refractivity contribution is 8.26. The Labute approximate surface area is 167 Å². The molecule has 1 aliphatic rings. The third-order valence-electron chi connectivity index (χ3n) is 4.22. The standard InChI is InChI=1S/C21H19NO3S2/c1-14-7-9-16(10-8-14)17-5-2-4-15(12-17)13-18-20(25)22(21(26)27-18)11-3-6-19(23)24/h2,4-5,7-10,12-13H,3,6,11H2,1H3,(H,23,24). The molecule has 0 aliphatic carbocycles. The van der Waals surface area contributed by atoms with Gasteiger partial charge >= 0.3 is 5.97 Å². The highest BCUT2D eigenvalue weighted by Crippen LogP contribution is 2.33. The van der Waals surface area contributed by atoms with Crippen LogP contribution in [0.2, 0.25) is 0 Å². The van der Waals surface area contributed by atoms with Crippen molar-refractivity contribution < 1.29 is 14.7 Å². The monoisotopic (exact) mass is 397 g/mol. The number of rotatable bonds is 6. The molecule has 1 saturated heterocycles. The molecule has 1 N–H and O–H groups in total. The fourth-order valence-corrected chi connectivity index (χ4v) is 4.10. The van der Waals surface area contributed by atoms with Crippen LogP contribution in [0.3, 0.4) is 0 Å². The zero-order valence-electron chi connectivity index (χ0n) is 14.8. The van der Waals surface area contributed by atoms with Crippen molar-refractivity contribution in [2.45, 2.75) is 19.8 Å². The zero-order chi connectivity index (χ0) is 19.4.